The highest BCUT2D eigenvalue weighted by Crippen LogP contribution is 2.24. The molecule has 1 aromatic heterocycles. The van der Waals surface area contributed by atoms with Crippen LogP contribution in [0, 0.1) is 5.92 Å². The first kappa shape index (κ1) is 12.6. The van der Waals surface area contributed by atoms with E-state index in [9.17, 15) is 5.11 Å². The molecule has 4 heteroatoms. The fourth-order valence-electron chi connectivity index (χ4n) is 2.70. The monoisotopic (exact) mass is 237 g/mol. The lowest BCUT2D eigenvalue weighted by molar-refractivity contribution is 0.0997. The maximum atomic E-state index is 9.63. The van der Waals surface area contributed by atoms with Gasteiger partial charge in [0, 0.05) is 19.3 Å². The lowest BCUT2D eigenvalue weighted by atomic mass is 9.87. The Bertz CT molecular complexity index is 350. The van der Waals surface area contributed by atoms with Gasteiger partial charge in [0.25, 0.3) is 0 Å². The van der Waals surface area contributed by atoms with Gasteiger partial charge < -0.3 is 10.4 Å². The Labute approximate surface area is 103 Å². The average Bonchev–Trinajstić information content (AvgIpc) is 2.72. The lowest BCUT2D eigenvalue weighted by Crippen LogP contribution is -2.31. The molecule has 0 bridgehead atoms. The van der Waals surface area contributed by atoms with Crippen molar-refractivity contribution >= 4 is 0 Å². The van der Waals surface area contributed by atoms with Crippen LogP contribution in [0.4, 0.5) is 0 Å². The van der Waals surface area contributed by atoms with Crippen LogP contribution >= 0.6 is 0 Å². The van der Waals surface area contributed by atoms with Gasteiger partial charge in [-0.15, -0.1) is 0 Å². The molecule has 0 aliphatic heterocycles. The summed E-state index contributed by atoms with van der Waals surface area (Å²) in [5, 5.41) is 17.4. The van der Waals surface area contributed by atoms with Crippen molar-refractivity contribution in [3.63, 3.8) is 0 Å². The van der Waals surface area contributed by atoms with Crippen molar-refractivity contribution in [2.24, 2.45) is 13.0 Å². The van der Waals surface area contributed by atoms with Gasteiger partial charge in [-0.3, -0.25) is 4.68 Å². The van der Waals surface area contributed by atoms with Crippen LogP contribution in [0.15, 0.2) is 12.3 Å². The molecule has 0 saturated heterocycles. The molecule has 4 nitrogen and oxygen atoms in total. The van der Waals surface area contributed by atoms with E-state index in [0.29, 0.717) is 12.0 Å². The normalized spacial score (nSPS) is 27.0. The van der Waals surface area contributed by atoms with Crippen molar-refractivity contribution in [1.29, 1.82) is 0 Å². The molecule has 1 aliphatic carbocycles. The molecule has 2 N–H and O–H groups in total. The maximum Gasteiger partial charge on any atom is 0.0547 e. The van der Waals surface area contributed by atoms with Crippen molar-refractivity contribution in [2.45, 2.75) is 44.8 Å². The van der Waals surface area contributed by atoms with E-state index >= 15 is 0 Å². The van der Waals surface area contributed by atoms with Gasteiger partial charge in [0.2, 0.25) is 0 Å². The first-order chi connectivity index (χ1) is 8.16. The summed E-state index contributed by atoms with van der Waals surface area (Å²) in [6.45, 7) is 3.15. The molecule has 0 radical (unpaired) electrons. The summed E-state index contributed by atoms with van der Waals surface area (Å²) in [4.78, 5) is 0. The third-order valence-electron chi connectivity index (χ3n) is 3.77. The highest BCUT2D eigenvalue weighted by atomic mass is 16.3. The van der Waals surface area contributed by atoms with Crippen LogP contribution in [0.2, 0.25) is 0 Å². The van der Waals surface area contributed by atoms with Crippen LogP contribution < -0.4 is 5.32 Å². The van der Waals surface area contributed by atoms with Crippen LogP contribution in [0.1, 0.15) is 44.3 Å². The molecule has 0 amide bonds. The summed E-state index contributed by atoms with van der Waals surface area (Å²) in [5.41, 5.74) is 1.21. The number of aliphatic hydroxyl groups is 1. The molecule has 0 aromatic carbocycles. The molecule has 1 saturated carbocycles. The molecule has 1 aliphatic rings. The Kier molecular flexibility index (Phi) is 4.18. The molecule has 1 fully saturated rings. The topological polar surface area (TPSA) is 50.1 Å². The molecular formula is C13H23N3O. The van der Waals surface area contributed by atoms with E-state index in [1.54, 1.807) is 0 Å². The van der Waals surface area contributed by atoms with Crippen LogP contribution in [0.25, 0.3) is 0 Å². The minimum absolute atomic E-state index is 0.0810. The zero-order valence-corrected chi connectivity index (χ0v) is 10.8. The second kappa shape index (κ2) is 5.65. The maximum absolute atomic E-state index is 9.63. The van der Waals surface area contributed by atoms with E-state index in [0.717, 1.165) is 25.8 Å². The minimum atomic E-state index is -0.0810. The van der Waals surface area contributed by atoms with Crippen molar-refractivity contribution in [3.05, 3.63) is 18.0 Å². The Morgan fingerprint density at radius 3 is 3.06 bits per heavy atom. The molecule has 0 spiro atoms. The van der Waals surface area contributed by atoms with Gasteiger partial charge in [-0.05, 0) is 44.7 Å². The second-order valence-electron chi connectivity index (χ2n) is 5.20. The molecule has 3 unspecified atom stereocenters. The highest BCUT2D eigenvalue weighted by molar-refractivity contribution is 5.05. The fourth-order valence-corrected chi connectivity index (χ4v) is 2.70. The van der Waals surface area contributed by atoms with Crippen LogP contribution in [0.5, 0.6) is 0 Å². The largest absolute Gasteiger partial charge is 0.393 e. The second-order valence-corrected chi connectivity index (χ2v) is 5.20. The van der Waals surface area contributed by atoms with Crippen LogP contribution in [0.3, 0.4) is 0 Å². The SMILES string of the molecule is CC(NCC1CCCC(O)C1)c1ccnn1C. The van der Waals surface area contributed by atoms with Crippen molar-refractivity contribution in [2.75, 3.05) is 6.54 Å². The van der Waals surface area contributed by atoms with E-state index in [2.05, 4.69) is 17.3 Å². The number of rotatable bonds is 4. The predicted molar refractivity (Wildman–Crippen MR) is 67.6 cm³/mol. The zero-order valence-electron chi connectivity index (χ0n) is 10.8. The molecule has 1 heterocycles. The highest BCUT2D eigenvalue weighted by Gasteiger charge is 2.20. The zero-order chi connectivity index (χ0) is 12.3. The Morgan fingerprint density at radius 1 is 1.59 bits per heavy atom. The fraction of sp³-hybridized carbons (Fsp3) is 0.769. The number of hydrogen-bond donors (Lipinski definition) is 2. The minimum Gasteiger partial charge on any atom is -0.393 e. The van der Waals surface area contributed by atoms with E-state index in [1.807, 2.05) is 24.0 Å². The van der Waals surface area contributed by atoms with Crippen molar-refractivity contribution in [1.82, 2.24) is 15.1 Å². The van der Waals surface area contributed by atoms with Gasteiger partial charge in [-0.2, -0.15) is 5.10 Å². The van der Waals surface area contributed by atoms with E-state index < -0.39 is 0 Å². The summed E-state index contributed by atoms with van der Waals surface area (Å²) in [6, 6.07) is 2.37. The lowest BCUT2D eigenvalue weighted by Gasteiger charge is -2.27. The van der Waals surface area contributed by atoms with Gasteiger partial charge in [-0.1, -0.05) is 6.42 Å². The smallest absolute Gasteiger partial charge is 0.0547 e. The number of aryl methyl sites for hydroxylation is 1. The van der Waals surface area contributed by atoms with Gasteiger partial charge in [0.1, 0.15) is 0 Å². The number of aromatic nitrogens is 2. The Hall–Kier alpha value is -0.870. The van der Waals surface area contributed by atoms with E-state index in [1.165, 1.54) is 12.1 Å². The summed E-state index contributed by atoms with van der Waals surface area (Å²) < 4.78 is 1.91. The van der Waals surface area contributed by atoms with Gasteiger partial charge in [0.05, 0.1) is 11.8 Å². The van der Waals surface area contributed by atoms with Crippen molar-refractivity contribution in [3.8, 4) is 0 Å². The third-order valence-corrected chi connectivity index (χ3v) is 3.77. The average molecular weight is 237 g/mol. The Morgan fingerprint density at radius 2 is 2.41 bits per heavy atom. The first-order valence-corrected chi connectivity index (χ1v) is 6.56. The summed E-state index contributed by atoms with van der Waals surface area (Å²) in [7, 11) is 1.97. The van der Waals surface area contributed by atoms with E-state index in [4.69, 9.17) is 0 Å². The molecule has 17 heavy (non-hydrogen) atoms. The number of nitrogens with zero attached hydrogens (tertiary/aromatic N) is 2. The standard InChI is InChI=1S/C13H23N3O/c1-10(13-6-7-15-16(13)2)14-9-11-4-3-5-12(17)8-11/h6-7,10-12,14,17H,3-5,8-9H2,1-2H3. The number of hydrogen-bond acceptors (Lipinski definition) is 3. The van der Waals surface area contributed by atoms with Crippen molar-refractivity contribution < 1.29 is 5.11 Å². The summed E-state index contributed by atoms with van der Waals surface area (Å²) in [6.07, 6.45) is 6.08. The third kappa shape index (κ3) is 3.30. The molecule has 3 atom stereocenters. The molecule has 96 valence electrons. The quantitative estimate of drug-likeness (QED) is 0.836. The number of aliphatic hydroxyl groups excluding tert-OH is 1. The van der Waals surface area contributed by atoms with Crippen LogP contribution in [-0.2, 0) is 7.05 Å². The predicted octanol–water partition coefficient (Wildman–Crippen LogP) is 1.62. The molecule has 1 aromatic rings. The van der Waals surface area contributed by atoms with Crippen LogP contribution in [-0.4, -0.2) is 27.5 Å². The van der Waals surface area contributed by atoms with E-state index in [-0.39, 0.29) is 6.10 Å². The molecule has 2 rings (SSSR count). The molecular weight excluding hydrogens is 214 g/mol. The summed E-state index contributed by atoms with van der Waals surface area (Å²) in [5.74, 6) is 0.620. The Balaban J connectivity index is 1.80. The van der Waals surface area contributed by atoms with Gasteiger partial charge >= 0.3 is 0 Å². The van der Waals surface area contributed by atoms with Gasteiger partial charge in [0.15, 0.2) is 0 Å². The first-order valence-electron chi connectivity index (χ1n) is 6.56. The number of nitrogens with one attached hydrogen (secondary N) is 1. The summed E-state index contributed by atoms with van der Waals surface area (Å²) >= 11 is 0. The van der Waals surface area contributed by atoms with Gasteiger partial charge in [-0.25, -0.2) is 0 Å².